The molecule has 1 fully saturated rings. The lowest BCUT2D eigenvalue weighted by Gasteiger charge is -2.12. The number of carbonyl (C=O) groups is 2. The van der Waals surface area contributed by atoms with Crippen LogP contribution in [0.15, 0.2) is 24.4 Å². The molecule has 1 aliphatic heterocycles. The van der Waals surface area contributed by atoms with Crippen LogP contribution in [0.4, 0.5) is 4.79 Å². The molecule has 8 nitrogen and oxygen atoms in total. The van der Waals surface area contributed by atoms with E-state index in [2.05, 4.69) is 20.7 Å². The van der Waals surface area contributed by atoms with Gasteiger partial charge < -0.3 is 19.9 Å². The zero-order valence-electron chi connectivity index (χ0n) is 13.6. The van der Waals surface area contributed by atoms with Gasteiger partial charge in [-0.1, -0.05) is 6.07 Å². The highest BCUT2D eigenvalue weighted by molar-refractivity contribution is 5.92. The third-order valence-corrected chi connectivity index (χ3v) is 3.81. The first kappa shape index (κ1) is 16.3. The quantitative estimate of drug-likeness (QED) is 0.752. The van der Waals surface area contributed by atoms with Crippen LogP contribution < -0.4 is 15.5 Å². The predicted octanol–water partition coefficient (Wildman–Crippen LogP) is 0.790. The number of hydrogen-bond donors (Lipinski definition) is 3. The van der Waals surface area contributed by atoms with Gasteiger partial charge in [-0.2, -0.15) is 0 Å². The average Bonchev–Trinajstić information content (AvgIpc) is 3.12. The van der Waals surface area contributed by atoms with Crippen LogP contribution in [0, 0.1) is 0 Å². The van der Waals surface area contributed by atoms with E-state index in [1.165, 1.54) is 0 Å². The molecule has 0 bridgehead atoms. The fraction of sp³-hybridized carbons (Fsp3) is 0.375. The molecule has 0 saturated carbocycles. The zero-order valence-corrected chi connectivity index (χ0v) is 13.6. The predicted molar refractivity (Wildman–Crippen MR) is 87.6 cm³/mol. The summed E-state index contributed by atoms with van der Waals surface area (Å²) in [6.07, 6.45) is 2.07. The Morgan fingerprint density at radius 1 is 1.46 bits per heavy atom. The Hall–Kier alpha value is -2.58. The molecule has 1 aromatic heterocycles. The maximum Gasteiger partial charge on any atom is 0.413 e. The van der Waals surface area contributed by atoms with Crippen LogP contribution in [0.3, 0.4) is 0 Å². The number of hydrogen-bond acceptors (Lipinski definition) is 5. The van der Waals surface area contributed by atoms with Gasteiger partial charge in [0.05, 0.1) is 0 Å². The van der Waals surface area contributed by atoms with E-state index in [1.54, 1.807) is 6.07 Å². The largest absolute Gasteiger partial charge is 0.413 e. The first-order chi connectivity index (χ1) is 11.5. The van der Waals surface area contributed by atoms with Crippen molar-refractivity contribution in [3.05, 3.63) is 30.0 Å². The molecular weight excluding hydrogens is 312 g/mol. The Balaban J connectivity index is 1.77. The van der Waals surface area contributed by atoms with Crippen molar-refractivity contribution in [1.82, 2.24) is 20.7 Å². The second kappa shape index (κ2) is 6.90. The number of aromatic nitrogens is 1. The van der Waals surface area contributed by atoms with Crippen molar-refractivity contribution < 1.29 is 19.2 Å². The van der Waals surface area contributed by atoms with E-state index in [9.17, 15) is 9.59 Å². The van der Waals surface area contributed by atoms with E-state index < -0.39 is 18.0 Å². The van der Waals surface area contributed by atoms with E-state index in [4.69, 9.17) is 9.57 Å². The van der Waals surface area contributed by atoms with E-state index in [0.29, 0.717) is 5.75 Å². The average molecular weight is 332 g/mol. The first-order valence-corrected chi connectivity index (χ1v) is 7.68. The van der Waals surface area contributed by atoms with Gasteiger partial charge in [-0.25, -0.2) is 10.3 Å². The van der Waals surface area contributed by atoms with Crippen LogP contribution >= 0.6 is 0 Å². The third kappa shape index (κ3) is 3.50. The van der Waals surface area contributed by atoms with E-state index in [0.717, 1.165) is 29.4 Å². The fourth-order valence-electron chi connectivity index (χ4n) is 2.57. The Bertz CT molecular complexity index is 756. The van der Waals surface area contributed by atoms with Crippen LogP contribution in [-0.4, -0.2) is 55.2 Å². The van der Waals surface area contributed by atoms with E-state index >= 15 is 0 Å². The van der Waals surface area contributed by atoms with Gasteiger partial charge in [0.1, 0.15) is 18.4 Å². The van der Waals surface area contributed by atoms with Gasteiger partial charge in [0.2, 0.25) is 0 Å². The molecule has 3 N–H and O–H groups in total. The number of fused-ring (bicyclic) bond motifs is 1. The minimum atomic E-state index is -0.740. The number of aromatic amines is 1. The summed E-state index contributed by atoms with van der Waals surface area (Å²) in [4.78, 5) is 33.5. The minimum Gasteiger partial charge on any atom is -0.410 e. The molecule has 2 heterocycles. The summed E-state index contributed by atoms with van der Waals surface area (Å²) in [6, 6.07) is 4.73. The second-order valence-electron chi connectivity index (χ2n) is 5.91. The van der Waals surface area contributed by atoms with E-state index in [1.807, 2.05) is 32.4 Å². The summed E-state index contributed by atoms with van der Waals surface area (Å²) in [5, 5.41) is 3.36. The number of ether oxygens (including phenoxy) is 1. The normalized spacial score (nSPS) is 17.3. The molecule has 1 aliphatic rings. The summed E-state index contributed by atoms with van der Waals surface area (Å²) >= 11 is 0. The van der Waals surface area contributed by atoms with E-state index in [-0.39, 0.29) is 6.61 Å². The summed E-state index contributed by atoms with van der Waals surface area (Å²) in [6.45, 7) is 0.962. The number of carbonyl (C=O) groups excluding carboxylic acids is 2. The topological polar surface area (TPSA) is 95.7 Å². The van der Waals surface area contributed by atoms with Gasteiger partial charge in [-0.3, -0.25) is 9.63 Å². The van der Waals surface area contributed by atoms with Gasteiger partial charge in [-0.05, 0) is 38.2 Å². The number of nitrogens with zero attached hydrogens (tertiary/aromatic N) is 1. The minimum absolute atomic E-state index is 0.0797. The van der Waals surface area contributed by atoms with Crippen LogP contribution in [0.2, 0.25) is 0 Å². The van der Waals surface area contributed by atoms with Crippen molar-refractivity contribution in [2.45, 2.75) is 12.5 Å². The van der Waals surface area contributed by atoms with Crippen molar-refractivity contribution in [3.8, 4) is 5.75 Å². The van der Waals surface area contributed by atoms with Gasteiger partial charge in [-0.15, -0.1) is 0 Å². The van der Waals surface area contributed by atoms with Crippen molar-refractivity contribution in [2.24, 2.45) is 0 Å². The molecule has 1 saturated heterocycles. The summed E-state index contributed by atoms with van der Waals surface area (Å²) in [7, 11) is 4.02. The second-order valence-corrected chi connectivity index (χ2v) is 5.91. The molecule has 2 aromatic rings. The van der Waals surface area contributed by atoms with Crippen LogP contribution in [0.25, 0.3) is 10.9 Å². The maximum atomic E-state index is 12.1. The molecule has 1 atom stereocenters. The highest BCUT2D eigenvalue weighted by Crippen LogP contribution is 2.29. The number of amides is 2. The van der Waals surface area contributed by atoms with Crippen LogP contribution in [0.5, 0.6) is 5.75 Å². The maximum absolute atomic E-state index is 12.1. The number of rotatable bonds is 5. The Labute approximate surface area is 139 Å². The van der Waals surface area contributed by atoms with Crippen molar-refractivity contribution in [3.63, 3.8) is 0 Å². The lowest BCUT2D eigenvalue weighted by Crippen LogP contribution is -2.43. The Morgan fingerprint density at radius 2 is 2.29 bits per heavy atom. The molecule has 24 heavy (non-hydrogen) atoms. The van der Waals surface area contributed by atoms with Crippen LogP contribution in [0.1, 0.15) is 5.56 Å². The molecule has 8 heteroatoms. The van der Waals surface area contributed by atoms with Gasteiger partial charge in [0, 0.05) is 23.6 Å². The summed E-state index contributed by atoms with van der Waals surface area (Å²) in [5.74, 6) is 0.0674. The number of likely N-dealkylation sites (N-methyl/N-ethyl adjacent to an activating group) is 1. The smallest absolute Gasteiger partial charge is 0.410 e. The summed E-state index contributed by atoms with van der Waals surface area (Å²) in [5.41, 5.74) is 4.15. The summed E-state index contributed by atoms with van der Waals surface area (Å²) < 4.78 is 5.42. The number of nitrogens with one attached hydrogen (secondary N) is 3. The molecule has 0 unspecified atom stereocenters. The number of benzene rings is 1. The van der Waals surface area contributed by atoms with Crippen molar-refractivity contribution in [2.75, 3.05) is 27.2 Å². The fourth-order valence-corrected chi connectivity index (χ4v) is 2.57. The molecule has 1 aromatic carbocycles. The van der Waals surface area contributed by atoms with Gasteiger partial charge in [0.25, 0.3) is 5.91 Å². The van der Waals surface area contributed by atoms with Crippen molar-refractivity contribution >= 4 is 22.9 Å². The monoisotopic (exact) mass is 332 g/mol. The number of hydroxylamine groups is 1. The number of H-pyrrole nitrogens is 1. The zero-order chi connectivity index (χ0) is 17.1. The third-order valence-electron chi connectivity index (χ3n) is 3.81. The Morgan fingerprint density at radius 3 is 3.00 bits per heavy atom. The lowest BCUT2D eigenvalue weighted by molar-refractivity contribution is -0.125. The highest BCUT2D eigenvalue weighted by Gasteiger charge is 2.28. The molecule has 0 spiro atoms. The lowest BCUT2D eigenvalue weighted by atomic mass is 10.1. The van der Waals surface area contributed by atoms with Crippen molar-refractivity contribution in [1.29, 1.82) is 0 Å². The Kier molecular flexibility index (Phi) is 4.68. The molecule has 0 aliphatic carbocycles. The van der Waals surface area contributed by atoms with Gasteiger partial charge in [0.15, 0.2) is 0 Å². The molecular formula is C16H20N4O4. The first-order valence-electron chi connectivity index (χ1n) is 7.68. The molecule has 2 amide bonds. The molecule has 128 valence electrons. The van der Waals surface area contributed by atoms with Gasteiger partial charge >= 0.3 is 6.09 Å². The molecule has 3 rings (SSSR count). The van der Waals surface area contributed by atoms with Crippen LogP contribution in [-0.2, 0) is 16.1 Å². The SMILES string of the molecule is CN(C)CCc1c[nH]c2cccc(OC(=O)N[C@@H]3CONC3=O)c12. The highest BCUT2D eigenvalue weighted by atomic mass is 16.7. The molecule has 0 radical (unpaired) electrons. The standard InChI is InChI=1S/C16H20N4O4/c1-20(2)7-6-10-8-17-11-4-3-5-13(14(10)11)24-16(22)18-12-9-23-19-15(12)21/h3-5,8,12,17H,6-7,9H2,1-2H3,(H,18,22)(H,19,21)/t12-/m1/s1.